The first kappa shape index (κ1) is 12.5. The lowest BCUT2D eigenvalue weighted by Gasteiger charge is -2.29. The number of rotatable bonds is 4. The van der Waals surface area contributed by atoms with Crippen molar-refractivity contribution in [2.24, 2.45) is 7.05 Å². The Morgan fingerprint density at radius 2 is 2.26 bits per heavy atom. The van der Waals surface area contributed by atoms with Crippen LogP contribution in [0.2, 0.25) is 0 Å². The molecule has 0 amide bonds. The quantitative estimate of drug-likeness (QED) is 0.912. The molecule has 1 unspecified atom stereocenters. The Kier molecular flexibility index (Phi) is 3.42. The molecule has 2 aromatic rings. The van der Waals surface area contributed by atoms with Crippen molar-refractivity contribution in [3.63, 3.8) is 0 Å². The maximum atomic E-state index is 4.84. The topological polar surface area (TPSA) is 33.1 Å². The van der Waals surface area contributed by atoms with Crippen molar-refractivity contribution in [1.29, 1.82) is 0 Å². The van der Waals surface area contributed by atoms with Gasteiger partial charge in [-0.3, -0.25) is 0 Å². The van der Waals surface area contributed by atoms with Crippen LogP contribution in [-0.4, -0.2) is 35.2 Å². The number of hydrogen-bond donors (Lipinski definition) is 1. The van der Waals surface area contributed by atoms with Crippen LogP contribution < -0.4 is 10.2 Å². The van der Waals surface area contributed by atoms with E-state index in [2.05, 4.69) is 53.0 Å². The maximum Gasteiger partial charge on any atom is 0.206 e. The Balaban J connectivity index is 2.01. The molecule has 1 aromatic carbocycles. The lowest BCUT2D eigenvalue weighted by Crippen LogP contribution is -2.39. The molecule has 4 nitrogen and oxygen atoms in total. The van der Waals surface area contributed by atoms with E-state index in [4.69, 9.17) is 4.98 Å². The minimum atomic E-state index is 0.579. The van der Waals surface area contributed by atoms with E-state index in [0.29, 0.717) is 6.04 Å². The number of nitrogens with zero attached hydrogens (tertiary/aromatic N) is 3. The maximum absolute atomic E-state index is 4.84. The smallest absolute Gasteiger partial charge is 0.206 e. The first-order valence-corrected chi connectivity index (χ1v) is 7.20. The summed E-state index contributed by atoms with van der Waals surface area (Å²) in [6.45, 7) is 5.50. The van der Waals surface area contributed by atoms with Gasteiger partial charge in [-0.15, -0.1) is 0 Å². The molecule has 4 heteroatoms. The van der Waals surface area contributed by atoms with Crippen molar-refractivity contribution in [3.05, 3.63) is 24.3 Å². The third-order valence-corrected chi connectivity index (χ3v) is 3.96. The van der Waals surface area contributed by atoms with Gasteiger partial charge in [0.05, 0.1) is 11.0 Å². The molecule has 0 bridgehead atoms. The molecule has 0 saturated carbocycles. The summed E-state index contributed by atoms with van der Waals surface area (Å²) in [5, 5.41) is 3.46. The number of fused-ring (bicyclic) bond motifs is 1. The van der Waals surface area contributed by atoms with E-state index in [-0.39, 0.29) is 0 Å². The number of para-hydroxylation sites is 2. The molecular weight excluding hydrogens is 236 g/mol. The Hall–Kier alpha value is -1.55. The molecule has 1 aromatic heterocycles. The van der Waals surface area contributed by atoms with Gasteiger partial charge in [-0.25, -0.2) is 4.98 Å². The molecule has 0 spiro atoms. The summed E-state index contributed by atoms with van der Waals surface area (Å²) < 4.78 is 2.23. The van der Waals surface area contributed by atoms with E-state index in [9.17, 15) is 0 Å². The molecule has 1 N–H and O–H groups in total. The zero-order valence-electron chi connectivity index (χ0n) is 11.8. The van der Waals surface area contributed by atoms with Gasteiger partial charge in [-0.2, -0.15) is 0 Å². The van der Waals surface area contributed by atoms with E-state index in [0.717, 1.165) is 37.5 Å². The lowest BCUT2D eigenvalue weighted by atomic mass is 10.2. The van der Waals surface area contributed by atoms with Gasteiger partial charge < -0.3 is 14.8 Å². The standard InChI is InChI=1S/C15H22N4/c1-3-10-19(12-8-9-16-11-12)15-17-13-6-4-5-7-14(13)18(15)2/h4-7,12,16H,3,8-11H2,1-2H3. The van der Waals surface area contributed by atoms with Crippen LogP contribution in [0.25, 0.3) is 11.0 Å². The van der Waals surface area contributed by atoms with Crippen molar-refractivity contribution in [1.82, 2.24) is 14.9 Å². The fraction of sp³-hybridized carbons (Fsp3) is 0.533. The number of benzene rings is 1. The number of nitrogens with one attached hydrogen (secondary N) is 1. The van der Waals surface area contributed by atoms with Gasteiger partial charge in [0.2, 0.25) is 5.95 Å². The zero-order chi connectivity index (χ0) is 13.2. The molecule has 2 heterocycles. The third-order valence-electron chi connectivity index (χ3n) is 3.96. The molecule has 19 heavy (non-hydrogen) atoms. The molecule has 3 rings (SSSR count). The molecule has 1 aliphatic heterocycles. The van der Waals surface area contributed by atoms with Crippen LogP contribution in [0.3, 0.4) is 0 Å². The van der Waals surface area contributed by atoms with Crippen LogP contribution in [0.1, 0.15) is 19.8 Å². The minimum Gasteiger partial charge on any atom is -0.338 e. The van der Waals surface area contributed by atoms with Crippen molar-refractivity contribution in [3.8, 4) is 0 Å². The van der Waals surface area contributed by atoms with E-state index < -0.39 is 0 Å². The minimum absolute atomic E-state index is 0.579. The molecule has 1 atom stereocenters. The predicted octanol–water partition coefficient (Wildman–Crippen LogP) is 2.15. The zero-order valence-corrected chi connectivity index (χ0v) is 11.8. The number of aryl methyl sites for hydroxylation is 1. The fourth-order valence-corrected chi connectivity index (χ4v) is 2.98. The van der Waals surface area contributed by atoms with Crippen LogP contribution in [-0.2, 0) is 7.05 Å². The number of hydrogen-bond acceptors (Lipinski definition) is 3. The Labute approximate surface area is 114 Å². The second-order valence-corrected chi connectivity index (χ2v) is 5.30. The Morgan fingerprint density at radius 1 is 1.42 bits per heavy atom. The van der Waals surface area contributed by atoms with Crippen LogP contribution in [0.15, 0.2) is 24.3 Å². The van der Waals surface area contributed by atoms with Gasteiger partial charge in [0.25, 0.3) is 0 Å². The van der Waals surface area contributed by atoms with Crippen molar-refractivity contribution in [2.75, 3.05) is 24.5 Å². The average Bonchev–Trinajstić information content (AvgIpc) is 3.05. The summed E-state index contributed by atoms with van der Waals surface area (Å²) in [6, 6.07) is 8.95. The second kappa shape index (κ2) is 5.21. The van der Waals surface area contributed by atoms with Gasteiger partial charge in [0.1, 0.15) is 0 Å². The Bertz CT molecular complexity index is 554. The van der Waals surface area contributed by atoms with Gasteiger partial charge in [0, 0.05) is 26.2 Å². The molecular formula is C15H22N4. The summed E-state index contributed by atoms with van der Waals surface area (Å²) >= 11 is 0. The number of anilines is 1. The predicted molar refractivity (Wildman–Crippen MR) is 79.6 cm³/mol. The molecule has 1 aliphatic rings. The molecule has 1 fully saturated rings. The van der Waals surface area contributed by atoms with Gasteiger partial charge >= 0.3 is 0 Å². The average molecular weight is 258 g/mol. The summed E-state index contributed by atoms with van der Waals surface area (Å²) in [7, 11) is 2.12. The van der Waals surface area contributed by atoms with Crippen LogP contribution in [0, 0.1) is 0 Å². The highest BCUT2D eigenvalue weighted by Crippen LogP contribution is 2.24. The first-order valence-electron chi connectivity index (χ1n) is 7.20. The SMILES string of the molecule is CCCN(c1nc2ccccc2n1C)C1CCNC1. The van der Waals surface area contributed by atoms with Crippen molar-refractivity contribution < 1.29 is 0 Å². The largest absolute Gasteiger partial charge is 0.338 e. The van der Waals surface area contributed by atoms with E-state index in [1.165, 1.54) is 11.9 Å². The van der Waals surface area contributed by atoms with Gasteiger partial charge in [-0.05, 0) is 31.5 Å². The number of imidazole rings is 1. The highest BCUT2D eigenvalue weighted by Gasteiger charge is 2.25. The van der Waals surface area contributed by atoms with E-state index >= 15 is 0 Å². The highest BCUT2D eigenvalue weighted by molar-refractivity contribution is 5.78. The fourth-order valence-electron chi connectivity index (χ4n) is 2.98. The molecule has 0 radical (unpaired) electrons. The lowest BCUT2D eigenvalue weighted by molar-refractivity contribution is 0.601. The second-order valence-electron chi connectivity index (χ2n) is 5.30. The summed E-state index contributed by atoms with van der Waals surface area (Å²) in [5.41, 5.74) is 2.30. The number of aromatic nitrogens is 2. The molecule has 1 saturated heterocycles. The summed E-state index contributed by atoms with van der Waals surface area (Å²) in [6.07, 6.45) is 2.36. The highest BCUT2D eigenvalue weighted by atomic mass is 15.3. The van der Waals surface area contributed by atoms with Crippen LogP contribution >= 0.6 is 0 Å². The Morgan fingerprint density at radius 3 is 2.95 bits per heavy atom. The summed E-state index contributed by atoms with van der Waals surface area (Å²) in [5.74, 6) is 1.11. The molecule has 0 aliphatic carbocycles. The van der Waals surface area contributed by atoms with Gasteiger partial charge in [-0.1, -0.05) is 19.1 Å². The monoisotopic (exact) mass is 258 g/mol. The van der Waals surface area contributed by atoms with Crippen LogP contribution in [0.4, 0.5) is 5.95 Å². The summed E-state index contributed by atoms with van der Waals surface area (Å²) in [4.78, 5) is 7.31. The van der Waals surface area contributed by atoms with Crippen molar-refractivity contribution in [2.45, 2.75) is 25.8 Å². The third kappa shape index (κ3) is 2.21. The van der Waals surface area contributed by atoms with E-state index in [1.807, 2.05) is 0 Å². The van der Waals surface area contributed by atoms with E-state index in [1.54, 1.807) is 0 Å². The molecule has 102 valence electrons. The first-order chi connectivity index (χ1) is 9.31. The van der Waals surface area contributed by atoms with Crippen molar-refractivity contribution >= 4 is 17.0 Å². The van der Waals surface area contributed by atoms with Gasteiger partial charge in [0.15, 0.2) is 0 Å². The van der Waals surface area contributed by atoms with Crippen LogP contribution in [0.5, 0.6) is 0 Å². The normalized spacial score (nSPS) is 19.2.